The van der Waals surface area contributed by atoms with Crippen LogP contribution in [0.4, 0.5) is 0 Å². The van der Waals surface area contributed by atoms with E-state index in [1.54, 1.807) is 12.3 Å². The molecule has 6 heteroatoms. The Kier molecular flexibility index (Phi) is 3.23. The van der Waals surface area contributed by atoms with Gasteiger partial charge in [-0.15, -0.1) is 0 Å². The van der Waals surface area contributed by atoms with Crippen LogP contribution in [0.5, 0.6) is 0 Å². The molecule has 1 amide bonds. The van der Waals surface area contributed by atoms with Gasteiger partial charge in [0.2, 0.25) is 0 Å². The first-order valence-electron chi connectivity index (χ1n) is 7.60. The molecule has 3 aromatic rings. The molecule has 2 N–H and O–H groups in total. The molecule has 0 fully saturated rings. The molecule has 2 aromatic heterocycles. The van der Waals surface area contributed by atoms with Crippen LogP contribution in [0.2, 0.25) is 0 Å². The van der Waals surface area contributed by atoms with E-state index in [4.69, 9.17) is 0 Å². The lowest BCUT2D eigenvalue weighted by atomic mass is 10.1. The van der Waals surface area contributed by atoms with Crippen LogP contribution in [-0.2, 0) is 4.79 Å². The topological polar surface area (TPSA) is 83.0 Å². The number of carbonyl (C=O) groups is 1. The van der Waals surface area contributed by atoms with E-state index in [1.165, 1.54) is 0 Å². The number of nitrogens with one attached hydrogen (secondary N) is 2. The van der Waals surface area contributed by atoms with Crippen LogP contribution < -0.4 is 5.43 Å². The highest BCUT2D eigenvalue weighted by molar-refractivity contribution is 6.32. The minimum atomic E-state index is -0.244. The van der Waals surface area contributed by atoms with Gasteiger partial charge in [0.25, 0.3) is 5.91 Å². The summed E-state index contributed by atoms with van der Waals surface area (Å²) in [5.74, 6) is -0.244. The summed E-state index contributed by atoms with van der Waals surface area (Å²) in [5.41, 5.74) is 8.64. The molecule has 4 rings (SSSR count). The molecule has 0 bridgehead atoms. The van der Waals surface area contributed by atoms with Gasteiger partial charge in [-0.3, -0.25) is 9.78 Å². The number of aromatic amines is 1. The summed E-state index contributed by atoms with van der Waals surface area (Å²) in [6.45, 7) is 3.98. The number of aryl methyl sites for hydroxylation is 2. The van der Waals surface area contributed by atoms with E-state index in [-0.39, 0.29) is 5.91 Å². The largest absolute Gasteiger partial charge is 0.359 e. The molecule has 0 radical (unpaired) electrons. The number of para-hydroxylation sites is 2. The molecule has 1 aliphatic heterocycles. The van der Waals surface area contributed by atoms with Gasteiger partial charge in [0.1, 0.15) is 11.4 Å². The number of fused-ring (bicyclic) bond motifs is 1. The van der Waals surface area contributed by atoms with Crippen LogP contribution in [0.3, 0.4) is 0 Å². The molecule has 1 aromatic carbocycles. The average Bonchev–Trinajstić information content (AvgIpc) is 3.10. The first-order valence-corrected chi connectivity index (χ1v) is 7.60. The Hall–Kier alpha value is -3.28. The Labute approximate surface area is 138 Å². The number of carbonyl (C=O) groups excluding carboxylic acids is 1. The minimum Gasteiger partial charge on any atom is -0.359 e. The number of amides is 1. The number of H-pyrrole nitrogens is 1. The predicted octanol–water partition coefficient (Wildman–Crippen LogP) is 2.49. The second kappa shape index (κ2) is 5.42. The second-order valence-electron chi connectivity index (χ2n) is 5.75. The van der Waals surface area contributed by atoms with Gasteiger partial charge in [0, 0.05) is 11.4 Å². The fraction of sp³-hybridized carbons (Fsp3) is 0.111. The van der Waals surface area contributed by atoms with Crippen molar-refractivity contribution >= 4 is 28.7 Å². The van der Waals surface area contributed by atoms with E-state index in [9.17, 15) is 4.79 Å². The van der Waals surface area contributed by atoms with Crippen molar-refractivity contribution in [2.75, 3.05) is 0 Å². The van der Waals surface area contributed by atoms with Gasteiger partial charge in [-0.05, 0) is 43.7 Å². The van der Waals surface area contributed by atoms with Gasteiger partial charge in [-0.25, -0.2) is 10.4 Å². The fourth-order valence-electron chi connectivity index (χ4n) is 2.78. The van der Waals surface area contributed by atoms with Gasteiger partial charge >= 0.3 is 0 Å². The molecule has 0 saturated heterocycles. The monoisotopic (exact) mass is 317 g/mol. The summed E-state index contributed by atoms with van der Waals surface area (Å²) in [6.07, 6.45) is 3.45. The summed E-state index contributed by atoms with van der Waals surface area (Å²) >= 11 is 0. The van der Waals surface area contributed by atoms with Gasteiger partial charge in [0.05, 0.1) is 22.8 Å². The van der Waals surface area contributed by atoms with Crippen LogP contribution in [0, 0.1) is 13.8 Å². The third-order valence-electron chi connectivity index (χ3n) is 3.94. The summed E-state index contributed by atoms with van der Waals surface area (Å²) in [5, 5.41) is 4.14. The maximum absolute atomic E-state index is 12.2. The summed E-state index contributed by atoms with van der Waals surface area (Å²) in [7, 11) is 0. The van der Waals surface area contributed by atoms with E-state index in [0.29, 0.717) is 17.0 Å². The number of benzene rings is 1. The molecular formula is C18H15N5O. The Morgan fingerprint density at radius 1 is 1.12 bits per heavy atom. The Bertz CT molecular complexity index is 1030. The SMILES string of the molecule is Cc1cc(C)c(/C=C2\C(=O)NN=C2c2cnc3ccccc3n2)[nH]1. The van der Waals surface area contributed by atoms with Crippen molar-refractivity contribution < 1.29 is 4.79 Å². The van der Waals surface area contributed by atoms with E-state index in [1.807, 2.05) is 44.2 Å². The fourth-order valence-corrected chi connectivity index (χ4v) is 2.78. The number of aromatic nitrogens is 3. The molecule has 6 nitrogen and oxygen atoms in total. The molecule has 0 unspecified atom stereocenters. The lowest BCUT2D eigenvalue weighted by Crippen LogP contribution is -2.14. The van der Waals surface area contributed by atoms with E-state index in [2.05, 4.69) is 25.5 Å². The van der Waals surface area contributed by atoms with Crippen molar-refractivity contribution in [2.45, 2.75) is 13.8 Å². The van der Waals surface area contributed by atoms with Crippen LogP contribution in [0.25, 0.3) is 17.1 Å². The highest BCUT2D eigenvalue weighted by Crippen LogP contribution is 2.20. The van der Waals surface area contributed by atoms with Crippen molar-refractivity contribution in [1.82, 2.24) is 20.4 Å². The molecule has 3 heterocycles. The van der Waals surface area contributed by atoms with E-state index >= 15 is 0 Å². The number of rotatable bonds is 2. The van der Waals surface area contributed by atoms with Crippen molar-refractivity contribution in [2.24, 2.45) is 5.10 Å². The maximum atomic E-state index is 12.2. The lowest BCUT2D eigenvalue weighted by Gasteiger charge is -2.03. The average molecular weight is 317 g/mol. The quantitative estimate of drug-likeness (QED) is 0.712. The second-order valence-corrected chi connectivity index (χ2v) is 5.75. The highest BCUT2D eigenvalue weighted by Gasteiger charge is 2.26. The van der Waals surface area contributed by atoms with Gasteiger partial charge in [0.15, 0.2) is 0 Å². The summed E-state index contributed by atoms with van der Waals surface area (Å²) < 4.78 is 0. The maximum Gasteiger partial charge on any atom is 0.273 e. The molecule has 0 atom stereocenters. The molecule has 24 heavy (non-hydrogen) atoms. The zero-order valence-corrected chi connectivity index (χ0v) is 13.3. The number of hydrazone groups is 1. The first-order chi connectivity index (χ1) is 11.6. The normalized spacial score (nSPS) is 15.8. The van der Waals surface area contributed by atoms with Crippen molar-refractivity contribution in [3.8, 4) is 0 Å². The van der Waals surface area contributed by atoms with Crippen LogP contribution in [0.15, 0.2) is 47.2 Å². The Morgan fingerprint density at radius 3 is 2.67 bits per heavy atom. The first kappa shape index (κ1) is 14.3. The molecular weight excluding hydrogens is 302 g/mol. The standard InChI is InChI=1S/C18H15N5O/c1-10-7-11(2)20-15(10)8-12-17(22-23-18(12)24)16-9-19-13-5-3-4-6-14(13)21-16/h3-9,20H,1-2H3,(H,23,24)/b12-8-. The number of hydrogen-bond donors (Lipinski definition) is 2. The highest BCUT2D eigenvalue weighted by atomic mass is 16.2. The van der Waals surface area contributed by atoms with Crippen LogP contribution >= 0.6 is 0 Å². The van der Waals surface area contributed by atoms with E-state index < -0.39 is 0 Å². The van der Waals surface area contributed by atoms with Crippen LogP contribution in [-0.4, -0.2) is 26.6 Å². The predicted molar refractivity (Wildman–Crippen MR) is 92.5 cm³/mol. The van der Waals surface area contributed by atoms with E-state index in [0.717, 1.165) is 28.0 Å². The van der Waals surface area contributed by atoms with Gasteiger partial charge < -0.3 is 4.98 Å². The zero-order chi connectivity index (χ0) is 16.7. The van der Waals surface area contributed by atoms with Crippen molar-refractivity contribution in [3.63, 3.8) is 0 Å². The van der Waals surface area contributed by atoms with Crippen LogP contribution in [0.1, 0.15) is 22.6 Å². The van der Waals surface area contributed by atoms with Crippen molar-refractivity contribution in [1.29, 1.82) is 0 Å². The molecule has 1 aliphatic rings. The smallest absolute Gasteiger partial charge is 0.273 e. The van der Waals surface area contributed by atoms with Gasteiger partial charge in [-0.1, -0.05) is 12.1 Å². The Balaban J connectivity index is 1.80. The molecule has 0 saturated carbocycles. The third kappa shape index (κ3) is 2.38. The number of nitrogens with zero attached hydrogens (tertiary/aromatic N) is 3. The molecule has 0 spiro atoms. The zero-order valence-electron chi connectivity index (χ0n) is 13.3. The molecule has 118 valence electrons. The van der Waals surface area contributed by atoms with Crippen molar-refractivity contribution in [3.05, 3.63) is 64.7 Å². The minimum absolute atomic E-state index is 0.244. The summed E-state index contributed by atoms with van der Waals surface area (Å²) in [4.78, 5) is 24.4. The molecule has 0 aliphatic carbocycles. The lowest BCUT2D eigenvalue weighted by molar-refractivity contribution is -0.116. The Morgan fingerprint density at radius 2 is 1.92 bits per heavy atom. The summed E-state index contributed by atoms with van der Waals surface area (Å²) in [6, 6.07) is 9.64. The number of hydrogen-bond acceptors (Lipinski definition) is 4. The third-order valence-corrected chi connectivity index (χ3v) is 3.94. The van der Waals surface area contributed by atoms with Gasteiger partial charge in [-0.2, -0.15) is 5.10 Å².